The maximum Gasteiger partial charge on any atom is 0.228 e. The number of benzene rings is 2. The first-order chi connectivity index (χ1) is 11.1. The number of amides is 2. The summed E-state index contributed by atoms with van der Waals surface area (Å²) in [7, 11) is 0. The number of fused-ring (bicyclic) bond motifs is 1. The van der Waals surface area contributed by atoms with Crippen molar-refractivity contribution in [3.63, 3.8) is 0 Å². The van der Waals surface area contributed by atoms with Gasteiger partial charge in [0.1, 0.15) is 5.75 Å². The number of hydrogen-bond donors (Lipinski definition) is 2. The lowest BCUT2D eigenvalue weighted by Gasteiger charge is -2.08. The summed E-state index contributed by atoms with van der Waals surface area (Å²) in [6.07, 6.45) is 0.651. The van der Waals surface area contributed by atoms with E-state index in [0.29, 0.717) is 13.0 Å². The molecule has 0 radical (unpaired) electrons. The number of ether oxygens (including phenoxy) is 1. The van der Waals surface area contributed by atoms with Crippen LogP contribution in [0.2, 0.25) is 0 Å². The number of carbonyl (C=O) groups excluding carboxylic acids is 2. The molecule has 0 saturated heterocycles. The van der Waals surface area contributed by atoms with Gasteiger partial charge in [-0.3, -0.25) is 9.59 Å². The molecule has 0 bridgehead atoms. The van der Waals surface area contributed by atoms with E-state index in [9.17, 15) is 9.59 Å². The van der Waals surface area contributed by atoms with Crippen LogP contribution in [0.25, 0.3) is 0 Å². The molecule has 2 aromatic rings. The summed E-state index contributed by atoms with van der Waals surface area (Å²) >= 11 is 0. The third-order valence-electron chi connectivity index (χ3n) is 3.61. The molecule has 1 aliphatic rings. The van der Waals surface area contributed by atoms with Crippen molar-refractivity contribution < 1.29 is 14.3 Å². The predicted octanol–water partition coefficient (Wildman–Crippen LogP) is 2.76. The average molecular weight is 310 g/mol. The third-order valence-corrected chi connectivity index (χ3v) is 3.61. The van der Waals surface area contributed by atoms with Crippen LogP contribution in [-0.2, 0) is 22.4 Å². The summed E-state index contributed by atoms with van der Waals surface area (Å²) in [5.41, 5.74) is 3.41. The second-order valence-electron chi connectivity index (χ2n) is 5.40. The molecule has 0 saturated carbocycles. The highest BCUT2D eigenvalue weighted by Crippen LogP contribution is 2.24. The van der Waals surface area contributed by atoms with Crippen LogP contribution in [0, 0.1) is 0 Å². The molecule has 5 nitrogen and oxygen atoms in total. The van der Waals surface area contributed by atoms with Crippen LogP contribution in [-0.4, -0.2) is 18.4 Å². The first-order valence-corrected chi connectivity index (χ1v) is 7.58. The number of hydrogen-bond acceptors (Lipinski definition) is 3. The Labute approximate surface area is 134 Å². The van der Waals surface area contributed by atoms with Crippen molar-refractivity contribution in [1.82, 2.24) is 0 Å². The fourth-order valence-corrected chi connectivity index (χ4v) is 2.58. The van der Waals surface area contributed by atoms with Crippen LogP contribution in [0.1, 0.15) is 18.1 Å². The Morgan fingerprint density at radius 1 is 1.22 bits per heavy atom. The van der Waals surface area contributed by atoms with Gasteiger partial charge in [-0.1, -0.05) is 12.1 Å². The summed E-state index contributed by atoms with van der Waals surface area (Å²) < 4.78 is 5.37. The van der Waals surface area contributed by atoms with Gasteiger partial charge in [0.05, 0.1) is 19.4 Å². The van der Waals surface area contributed by atoms with E-state index < -0.39 is 0 Å². The summed E-state index contributed by atoms with van der Waals surface area (Å²) in [5, 5.41) is 5.64. The van der Waals surface area contributed by atoms with Crippen LogP contribution in [0.5, 0.6) is 5.75 Å². The molecule has 2 N–H and O–H groups in total. The Balaban J connectivity index is 1.61. The van der Waals surface area contributed by atoms with Crippen molar-refractivity contribution in [3.05, 3.63) is 53.6 Å². The zero-order valence-electron chi connectivity index (χ0n) is 12.9. The van der Waals surface area contributed by atoms with Crippen molar-refractivity contribution in [1.29, 1.82) is 0 Å². The van der Waals surface area contributed by atoms with Gasteiger partial charge in [0, 0.05) is 11.4 Å². The van der Waals surface area contributed by atoms with E-state index >= 15 is 0 Å². The molecule has 1 heterocycles. The van der Waals surface area contributed by atoms with E-state index in [1.54, 1.807) is 0 Å². The molecule has 0 spiro atoms. The number of carbonyl (C=O) groups is 2. The maximum atomic E-state index is 12.1. The molecule has 0 fully saturated rings. The van der Waals surface area contributed by atoms with E-state index in [2.05, 4.69) is 10.6 Å². The molecule has 0 aromatic heterocycles. The minimum Gasteiger partial charge on any atom is -0.494 e. The van der Waals surface area contributed by atoms with Crippen LogP contribution in [0.4, 0.5) is 11.4 Å². The van der Waals surface area contributed by atoms with Crippen LogP contribution >= 0.6 is 0 Å². The van der Waals surface area contributed by atoms with Crippen LogP contribution in [0.3, 0.4) is 0 Å². The van der Waals surface area contributed by atoms with Crippen molar-refractivity contribution in [3.8, 4) is 5.75 Å². The summed E-state index contributed by atoms with van der Waals surface area (Å²) in [4.78, 5) is 23.5. The van der Waals surface area contributed by atoms with Gasteiger partial charge >= 0.3 is 0 Å². The molecular formula is C18H18N2O3. The highest BCUT2D eigenvalue weighted by atomic mass is 16.5. The fourth-order valence-electron chi connectivity index (χ4n) is 2.58. The molecular weight excluding hydrogens is 292 g/mol. The van der Waals surface area contributed by atoms with E-state index in [0.717, 1.165) is 28.3 Å². The Kier molecular flexibility index (Phi) is 4.28. The highest BCUT2D eigenvalue weighted by Gasteiger charge is 2.17. The molecule has 5 heteroatoms. The van der Waals surface area contributed by atoms with Gasteiger partial charge in [0.15, 0.2) is 0 Å². The summed E-state index contributed by atoms with van der Waals surface area (Å²) in [5.74, 6) is 0.684. The number of anilines is 2. The lowest BCUT2D eigenvalue weighted by molar-refractivity contribution is -0.116. The smallest absolute Gasteiger partial charge is 0.228 e. The van der Waals surface area contributed by atoms with Gasteiger partial charge in [0.2, 0.25) is 11.8 Å². The van der Waals surface area contributed by atoms with Gasteiger partial charge in [-0.25, -0.2) is 0 Å². The van der Waals surface area contributed by atoms with Gasteiger partial charge in [-0.15, -0.1) is 0 Å². The normalized spacial score (nSPS) is 12.5. The molecule has 0 aliphatic carbocycles. The Morgan fingerprint density at radius 2 is 2.00 bits per heavy atom. The van der Waals surface area contributed by atoms with Crippen LogP contribution < -0.4 is 15.4 Å². The number of rotatable bonds is 5. The topological polar surface area (TPSA) is 67.4 Å². The van der Waals surface area contributed by atoms with E-state index in [4.69, 9.17) is 4.74 Å². The van der Waals surface area contributed by atoms with Gasteiger partial charge in [-0.2, -0.15) is 0 Å². The largest absolute Gasteiger partial charge is 0.494 e. The molecule has 2 aromatic carbocycles. The van der Waals surface area contributed by atoms with Crippen molar-refractivity contribution in [2.45, 2.75) is 19.8 Å². The molecule has 2 amide bonds. The minimum atomic E-state index is -0.0913. The van der Waals surface area contributed by atoms with E-state index in [1.165, 1.54) is 0 Å². The first-order valence-electron chi connectivity index (χ1n) is 7.58. The van der Waals surface area contributed by atoms with Crippen molar-refractivity contribution in [2.24, 2.45) is 0 Å². The van der Waals surface area contributed by atoms with Gasteiger partial charge in [-0.05, 0) is 48.4 Å². The highest BCUT2D eigenvalue weighted by molar-refractivity contribution is 5.99. The van der Waals surface area contributed by atoms with Crippen LogP contribution in [0.15, 0.2) is 42.5 Å². The Morgan fingerprint density at radius 3 is 2.74 bits per heavy atom. The molecule has 1 aliphatic heterocycles. The lowest BCUT2D eigenvalue weighted by Crippen LogP contribution is -2.14. The summed E-state index contributed by atoms with van der Waals surface area (Å²) in [6.45, 7) is 2.54. The second kappa shape index (κ2) is 6.52. The molecule has 118 valence electrons. The standard InChI is InChI=1S/C18H18N2O3/c1-2-23-15-6-4-14(5-7-15)19-17(21)10-12-3-8-16-13(9-12)11-18(22)20-16/h3-9H,2,10-11H2,1H3,(H,19,21)(H,20,22). The Hall–Kier alpha value is -2.82. The predicted molar refractivity (Wildman–Crippen MR) is 88.7 cm³/mol. The van der Waals surface area contributed by atoms with Crippen molar-refractivity contribution in [2.75, 3.05) is 17.2 Å². The van der Waals surface area contributed by atoms with Gasteiger partial charge in [0.25, 0.3) is 0 Å². The maximum absolute atomic E-state index is 12.1. The number of nitrogens with one attached hydrogen (secondary N) is 2. The first kappa shape index (κ1) is 15.1. The quantitative estimate of drug-likeness (QED) is 0.892. The molecule has 0 unspecified atom stereocenters. The Bertz CT molecular complexity index is 738. The zero-order valence-corrected chi connectivity index (χ0v) is 12.9. The van der Waals surface area contributed by atoms with E-state index in [1.807, 2.05) is 49.4 Å². The van der Waals surface area contributed by atoms with Gasteiger partial charge < -0.3 is 15.4 Å². The third kappa shape index (κ3) is 3.69. The minimum absolute atomic E-state index is 0.00371. The average Bonchev–Trinajstić information content (AvgIpc) is 2.89. The second-order valence-corrected chi connectivity index (χ2v) is 5.40. The monoisotopic (exact) mass is 310 g/mol. The molecule has 3 rings (SSSR count). The zero-order chi connectivity index (χ0) is 16.2. The SMILES string of the molecule is CCOc1ccc(NC(=O)Cc2ccc3c(c2)CC(=O)N3)cc1. The van der Waals surface area contributed by atoms with Crippen molar-refractivity contribution >= 4 is 23.2 Å². The summed E-state index contributed by atoms with van der Waals surface area (Å²) in [6, 6.07) is 12.9. The fraction of sp³-hybridized carbons (Fsp3) is 0.222. The molecule has 0 atom stereocenters. The lowest BCUT2D eigenvalue weighted by atomic mass is 10.1. The van der Waals surface area contributed by atoms with E-state index in [-0.39, 0.29) is 18.2 Å². The molecule has 23 heavy (non-hydrogen) atoms.